The molecule has 0 bridgehead atoms. The second-order valence-electron chi connectivity index (χ2n) is 3.10. The van der Waals surface area contributed by atoms with Crippen molar-refractivity contribution in [3.8, 4) is 0 Å². The number of rotatable bonds is 7. The molecule has 4 nitrogen and oxygen atoms in total. The van der Waals surface area contributed by atoms with Gasteiger partial charge in [0.15, 0.2) is 0 Å². The Morgan fingerprint density at radius 1 is 1.60 bits per heavy atom. The fraction of sp³-hybridized carbons (Fsp3) is 0.667. The second-order valence-corrected chi connectivity index (χ2v) is 3.10. The fourth-order valence-corrected chi connectivity index (χ4v) is 1.20. The minimum absolute atomic E-state index is 0.304. The zero-order chi connectivity index (χ0) is 11.1. The fourth-order valence-electron chi connectivity index (χ4n) is 1.20. The Labute approximate surface area is 87.3 Å². The normalized spacial score (nSPS) is 11.2. The highest BCUT2D eigenvalue weighted by molar-refractivity contribution is 4.97. The van der Waals surface area contributed by atoms with Gasteiger partial charge < -0.3 is 14.6 Å². The van der Waals surface area contributed by atoms with Gasteiger partial charge in [-0.3, -0.25) is 0 Å². The predicted molar refractivity (Wildman–Crippen MR) is 51.8 cm³/mol. The maximum Gasteiger partial charge on any atom is 0.256 e. The maximum absolute atomic E-state index is 12.1. The van der Waals surface area contributed by atoms with Crippen LogP contribution < -0.4 is 5.32 Å². The van der Waals surface area contributed by atoms with E-state index in [0.717, 1.165) is 5.69 Å². The van der Waals surface area contributed by atoms with Gasteiger partial charge in [-0.05, 0) is 0 Å². The first-order chi connectivity index (χ1) is 7.24. The first kappa shape index (κ1) is 12.1. The molecule has 1 heterocycles. The molecule has 0 aliphatic carbocycles. The average molecular weight is 219 g/mol. The van der Waals surface area contributed by atoms with Crippen LogP contribution in [0, 0.1) is 0 Å². The van der Waals surface area contributed by atoms with E-state index < -0.39 is 6.43 Å². The van der Waals surface area contributed by atoms with E-state index in [9.17, 15) is 8.78 Å². The van der Waals surface area contributed by atoms with Gasteiger partial charge in [0.2, 0.25) is 0 Å². The van der Waals surface area contributed by atoms with Crippen LogP contribution in [-0.2, 0) is 17.8 Å². The molecule has 1 aromatic rings. The van der Waals surface area contributed by atoms with Crippen molar-refractivity contribution in [2.75, 3.05) is 20.3 Å². The molecular formula is C9H15F2N3O. The molecule has 0 atom stereocenters. The lowest BCUT2D eigenvalue weighted by Gasteiger charge is -2.08. The van der Waals surface area contributed by atoms with Gasteiger partial charge in [-0.25, -0.2) is 13.8 Å². The summed E-state index contributed by atoms with van der Waals surface area (Å²) in [7, 11) is 1.61. The van der Waals surface area contributed by atoms with Crippen LogP contribution in [0.3, 0.4) is 0 Å². The van der Waals surface area contributed by atoms with Crippen molar-refractivity contribution in [3.05, 3.63) is 18.2 Å². The van der Waals surface area contributed by atoms with Gasteiger partial charge in [-0.1, -0.05) is 0 Å². The molecule has 1 aromatic heterocycles. The summed E-state index contributed by atoms with van der Waals surface area (Å²) in [4.78, 5) is 3.83. The molecule has 0 unspecified atom stereocenters. The van der Waals surface area contributed by atoms with Gasteiger partial charge in [0.1, 0.15) is 0 Å². The van der Waals surface area contributed by atoms with E-state index in [0.29, 0.717) is 19.7 Å². The zero-order valence-electron chi connectivity index (χ0n) is 8.62. The van der Waals surface area contributed by atoms with Crippen molar-refractivity contribution in [2.45, 2.75) is 19.5 Å². The standard InChI is InChI=1S/C9H15F2N3O/c1-15-3-2-12-4-8-5-13-7-14(8)6-9(10)11/h5,7,9,12H,2-4,6H2,1H3. The van der Waals surface area contributed by atoms with Crippen molar-refractivity contribution in [2.24, 2.45) is 0 Å². The molecule has 0 aromatic carbocycles. The molecule has 0 saturated carbocycles. The molecule has 0 saturated heterocycles. The van der Waals surface area contributed by atoms with Crippen LogP contribution in [0.2, 0.25) is 0 Å². The highest BCUT2D eigenvalue weighted by atomic mass is 19.3. The van der Waals surface area contributed by atoms with Gasteiger partial charge in [0.05, 0.1) is 25.2 Å². The number of ether oxygens (including phenoxy) is 1. The summed E-state index contributed by atoms with van der Waals surface area (Å²) < 4.78 is 30.6. The Morgan fingerprint density at radius 3 is 3.07 bits per heavy atom. The summed E-state index contributed by atoms with van der Waals surface area (Å²) in [6, 6.07) is 0. The highest BCUT2D eigenvalue weighted by Gasteiger charge is 2.07. The van der Waals surface area contributed by atoms with Gasteiger partial charge >= 0.3 is 0 Å². The van der Waals surface area contributed by atoms with Crippen molar-refractivity contribution in [1.29, 1.82) is 0 Å². The number of hydrogen-bond donors (Lipinski definition) is 1. The molecule has 86 valence electrons. The van der Waals surface area contributed by atoms with E-state index in [1.165, 1.54) is 10.9 Å². The predicted octanol–water partition coefficient (Wildman–Crippen LogP) is 0.884. The van der Waals surface area contributed by atoms with E-state index in [1.54, 1.807) is 13.3 Å². The molecule has 15 heavy (non-hydrogen) atoms. The number of nitrogens with zero attached hydrogens (tertiary/aromatic N) is 2. The van der Waals surface area contributed by atoms with E-state index in [4.69, 9.17) is 4.74 Å². The molecule has 0 amide bonds. The third-order valence-electron chi connectivity index (χ3n) is 1.92. The first-order valence-electron chi connectivity index (χ1n) is 4.71. The summed E-state index contributed by atoms with van der Waals surface area (Å²) >= 11 is 0. The van der Waals surface area contributed by atoms with Gasteiger partial charge in [-0.2, -0.15) is 0 Å². The van der Waals surface area contributed by atoms with Gasteiger partial charge in [0.25, 0.3) is 6.43 Å². The van der Waals surface area contributed by atoms with E-state index in [2.05, 4.69) is 10.3 Å². The van der Waals surface area contributed by atoms with Crippen molar-refractivity contribution in [1.82, 2.24) is 14.9 Å². The third kappa shape index (κ3) is 4.35. The molecular weight excluding hydrogens is 204 g/mol. The number of halogens is 2. The Balaban J connectivity index is 2.36. The number of aromatic nitrogens is 2. The summed E-state index contributed by atoms with van der Waals surface area (Å²) in [6.07, 6.45) is 0.652. The Bertz CT molecular complexity index is 278. The van der Waals surface area contributed by atoms with Crippen molar-refractivity contribution in [3.63, 3.8) is 0 Å². The SMILES string of the molecule is COCCNCc1cncn1CC(F)F. The second kappa shape index (κ2) is 6.47. The van der Waals surface area contributed by atoms with Crippen LogP contribution in [-0.4, -0.2) is 36.2 Å². The lowest BCUT2D eigenvalue weighted by atomic mass is 10.4. The maximum atomic E-state index is 12.1. The summed E-state index contributed by atoms with van der Waals surface area (Å²) in [6.45, 7) is 1.51. The Morgan fingerprint density at radius 2 is 2.40 bits per heavy atom. The summed E-state index contributed by atoms with van der Waals surface area (Å²) in [5.74, 6) is 0. The van der Waals surface area contributed by atoms with Crippen LogP contribution in [0.1, 0.15) is 5.69 Å². The van der Waals surface area contributed by atoms with Crippen molar-refractivity contribution >= 4 is 0 Å². The topological polar surface area (TPSA) is 39.1 Å². The first-order valence-corrected chi connectivity index (χ1v) is 4.71. The summed E-state index contributed by atoms with van der Waals surface area (Å²) in [5, 5.41) is 3.07. The van der Waals surface area contributed by atoms with Crippen LogP contribution in [0.4, 0.5) is 8.78 Å². The number of methoxy groups -OCH3 is 1. The number of hydrogen-bond acceptors (Lipinski definition) is 3. The zero-order valence-corrected chi connectivity index (χ0v) is 8.62. The molecule has 1 N–H and O–H groups in total. The molecule has 0 spiro atoms. The molecule has 0 fully saturated rings. The lowest BCUT2D eigenvalue weighted by molar-refractivity contribution is 0.125. The lowest BCUT2D eigenvalue weighted by Crippen LogP contribution is -2.21. The Kier molecular flexibility index (Phi) is 5.20. The molecule has 1 rings (SSSR count). The molecule has 6 heteroatoms. The van der Waals surface area contributed by atoms with Crippen LogP contribution >= 0.6 is 0 Å². The molecule has 0 aliphatic heterocycles. The van der Waals surface area contributed by atoms with Crippen LogP contribution in [0.25, 0.3) is 0 Å². The molecule has 0 aliphatic rings. The number of alkyl halides is 2. The monoisotopic (exact) mass is 219 g/mol. The van der Waals surface area contributed by atoms with Crippen LogP contribution in [0.5, 0.6) is 0 Å². The van der Waals surface area contributed by atoms with E-state index >= 15 is 0 Å². The largest absolute Gasteiger partial charge is 0.383 e. The average Bonchev–Trinajstić information content (AvgIpc) is 2.59. The van der Waals surface area contributed by atoms with Gasteiger partial charge in [-0.15, -0.1) is 0 Å². The number of imidazole rings is 1. The number of nitrogens with one attached hydrogen (secondary N) is 1. The van der Waals surface area contributed by atoms with Crippen molar-refractivity contribution < 1.29 is 13.5 Å². The minimum atomic E-state index is -2.35. The third-order valence-corrected chi connectivity index (χ3v) is 1.92. The highest BCUT2D eigenvalue weighted by Crippen LogP contribution is 2.03. The molecule has 0 radical (unpaired) electrons. The van der Waals surface area contributed by atoms with Gasteiger partial charge in [0, 0.05) is 26.4 Å². The summed E-state index contributed by atoms with van der Waals surface area (Å²) in [5.41, 5.74) is 0.756. The van der Waals surface area contributed by atoms with Crippen LogP contribution in [0.15, 0.2) is 12.5 Å². The van der Waals surface area contributed by atoms with E-state index in [-0.39, 0.29) is 6.54 Å². The Hall–Kier alpha value is -1.01. The quantitative estimate of drug-likeness (QED) is 0.692. The van der Waals surface area contributed by atoms with E-state index in [1.807, 2.05) is 0 Å². The minimum Gasteiger partial charge on any atom is -0.383 e. The smallest absolute Gasteiger partial charge is 0.256 e.